The lowest BCUT2D eigenvalue weighted by Crippen LogP contribution is -2.39. The van der Waals surface area contributed by atoms with Gasteiger partial charge in [-0.25, -0.2) is 9.97 Å². The topological polar surface area (TPSA) is 59.5 Å². The lowest BCUT2D eigenvalue weighted by molar-refractivity contribution is 0.164. The predicted molar refractivity (Wildman–Crippen MR) is 74.6 cm³/mol. The van der Waals surface area contributed by atoms with Crippen molar-refractivity contribution < 1.29 is 0 Å². The van der Waals surface area contributed by atoms with Crippen molar-refractivity contribution in [2.24, 2.45) is 11.7 Å². The van der Waals surface area contributed by atoms with Gasteiger partial charge < -0.3 is 5.73 Å². The zero-order valence-electron chi connectivity index (χ0n) is 11.4. The van der Waals surface area contributed by atoms with Crippen molar-refractivity contribution in [1.29, 1.82) is 0 Å². The van der Waals surface area contributed by atoms with E-state index in [0.29, 0.717) is 12.0 Å². The minimum Gasteiger partial charge on any atom is -0.328 e. The number of piperidine rings is 1. The largest absolute Gasteiger partial charge is 0.328 e. The second kappa shape index (κ2) is 5.27. The van der Waals surface area contributed by atoms with Crippen LogP contribution in [0.2, 0.25) is 0 Å². The number of likely N-dealkylation sites (tertiary alicyclic amines) is 1. The van der Waals surface area contributed by atoms with Crippen LogP contribution in [0.25, 0.3) is 5.78 Å². The van der Waals surface area contributed by atoms with E-state index in [1.807, 2.05) is 16.7 Å². The first-order valence-corrected chi connectivity index (χ1v) is 6.99. The highest BCUT2D eigenvalue weighted by Gasteiger charge is 2.22. The van der Waals surface area contributed by atoms with Gasteiger partial charge in [-0.15, -0.1) is 0 Å². The van der Waals surface area contributed by atoms with Gasteiger partial charge in [0, 0.05) is 31.2 Å². The quantitative estimate of drug-likeness (QED) is 0.902. The molecule has 3 heterocycles. The van der Waals surface area contributed by atoms with Gasteiger partial charge in [-0.1, -0.05) is 0 Å². The molecule has 3 rings (SSSR count). The molecule has 0 amide bonds. The molecule has 0 saturated carbocycles. The number of hydrogen-bond acceptors (Lipinski definition) is 4. The molecular weight excluding hydrogens is 238 g/mol. The second-order valence-electron chi connectivity index (χ2n) is 5.53. The molecule has 0 aliphatic carbocycles. The van der Waals surface area contributed by atoms with Crippen molar-refractivity contribution in [1.82, 2.24) is 19.3 Å². The molecule has 2 N–H and O–H groups in total. The van der Waals surface area contributed by atoms with Gasteiger partial charge >= 0.3 is 0 Å². The van der Waals surface area contributed by atoms with E-state index in [-0.39, 0.29) is 0 Å². The van der Waals surface area contributed by atoms with E-state index in [4.69, 9.17) is 5.73 Å². The molecule has 0 radical (unpaired) electrons. The molecule has 2 aromatic heterocycles. The third kappa shape index (κ3) is 2.77. The van der Waals surface area contributed by atoms with Crippen LogP contribution in [0.5, 0.6) is 0 Å². The fourth-order valence-corrected chi connectivity index (χ4v) is 2.82. The highest BCUT2D eigenvalue weighted by atomic mass is 15.2. The zero-order valence-corrected chi connectivity index (χ0v) is 11.4. The van der Waals surface area contributed by atoms with E-state index < -0.39 is 0 Å². The number of imidazole rings is 1. The standard InChI is InChI=1S/C14H21N5/c1-11(15)12-3-7-18(8-4-12)9-13-10-19-6-2-5-16-14(19)17-13/h2,5-6,10-12H,3-4,7-9,15H2,1H3. The molecule has 0 bridgehead atoms. The summed E-state index contributed by atoms with van der Waals surface area (Å²) >= 11 is 0. The van der Waals surface area contributed by atoms with Crippen LogP contribution in [0.4, 0.5) is 0 Å². The van der Waals surface area contributed by atoms with E-state index in [1.165, 1.54) is 12.8 Å². The Hall–Kier alpha value is -1.46. The minimum atomic E-state index is 0.321. The van der Waals surface area contributed by atoms with Crippen LogP contribution in [0.15, 0.2) is 24.7 Å². The lowest BCUT2D eigenvalue weighted by atomic mass is 9.91. The Morgan fingerprint density at radius 2 is 2.21 bits per heavy atom. The monoisotopic (exact) mass is 259 g/mol. The van der Waals surface area contributed by atoms with Gasteiger partial charge in [0.15, 0.2) is 0 Å². The molecule has 2 aromatic rings. The van der Waals surface area contributed by atoms with Gasteiger partial charge in [-0.2, -0.15) is 0 Å². The second-order valence-corrected chi connectivity index (χ2v) is 5.53. The maximum absolute atomic E-state index is 5.97. The molecule has 19 heavy (non-hydrogen) atoms. The Bertz CT molecular complexity index is 507. The summed E-state index contributed by atoms with van der Waals surface area (Å²) in [5.41, 5.74) is 7.07. The summed E-state index contributed by atoms with van der Waals surface area (Å²) < 4.78 is 1.98. The predicted octanol–water partition coefficient (Wildman–Crippen LogP) is 1.29. The van der Waals surface area contributed by atoms with Gasteiger partial charge in [0.2, 0.25) is 5.78 Å². The first-order valence-electron chi connectivity index (χ1n) is 6.99. The third-order valence-corrected chi connectivity index (χ3v) is 4.05. The average molecular weight is 259 g/mol. The van der Waals surface area contributed by atoms with E-state index in [1.54, 1.807) is 6.20 Å². The Labute approximate surface area is 113 Å². The summed E-state index contributed by atoms with van der Waals surface area (Å²) in [6.07, 6.45) is 8.23. The van der Waals surface area contributed by atoms with Gasteiger partial charge in [0.25, 0.3) is 0 Å². The van der Waals surface area contributed by atoms with E-state index in [9.17, 15) is 0 Å². The van der Waals surface area contributed by atoms with Crippen LogP contribution in [-0.2, 0) is 6.54 Å². The summed E-state index contributed by atoms with van der Waals surface area (Å²) in [6.45, 7) is 5.27. The molecule has 102 valence electrons. The van der Waals surface area contributed by atoms with Crippen molar-refractivity contribution >= 4 is 5.78 Å². The Morgan fingerprint density at radius 3 is 2.89 bits per heavy atom. The minimum absolute atomic E-state index is 0.321. The van der Waals surface area contributed by atoms with Crippen LogP contribution in [-0.4, -0.2) is 38.4 Å². The molecule has 1 saturated heterocycles. The molecule has 0 spiro atoms. The SMILES string of the molecule is CC(N)C1CCN(Cc2cn3cccnc3n2)CC1. The first-order chi connectivity index (χ1) is 9.22. The van der Waals surface area contributed by atoms with Crippen molar-refractivity contribution in [2.75, 3.05) is 13.1 Å². The van der Waals surface area contributed by atoms with Crippen LogP contribution in [0.3, 0.4) is 0 Å². The molecule has 1 unspecified atom stereocenters. The molecule has 1 atom stereocenters. The molecule has 1 aliphatic rings. The van der Waals surface area contributed by atoms with E-state index in [2.05, 4.69) is 28.0 Å². The van der Waals surface area contributed by atoms with Gasteiger partial charge in [0.05, 0.1) is 5.69 Å². The molecule has 5 heteroatoms. The molecular formula is C14H21N5. The molecule has 1 aliphatic heterocycles. The van der Waals surface area contributed by atoms with E-state index in [0.717, 1.165) is 31.1 Å². The van der Waals surface area contributed by atoms with Crippen molar-refractivity contribution in [3.8, 4) is 0 Å². The molecule has 0 aromatic carbocycles. The summed E-state index contributed by atoms with van der Waals surface area (Å²) in [7, 11) is 0. The first kappa shape index (κ1) is 12.6. The summed E-state index contributed by atoms with van der Waals surface area (Å²) in [4.78, 5) is 11.3. The van der Waals surface area contributed by atoms with Crippen LogP contribution >= 0.6 is 0 Å². The van der Waals surface area contributed by atoms with Crippen LogP contribution in [0.1, 0.15) is 25.5 Å². The lowest BCUT2D eigenvalue weighted by Gasteiger charge is -2.33. The number of nitrogens with zero attached hydrogens (tertiary/aromatic N) is 4. The average Bonchev–Trinajstić information content (AvgIpc) is 2.81. The Balaban J connectivity index is 1.63. The fraction of sp³-hybridized carbons (Fsp3) is 0.571. The van der Waals surface area contributed by atoms with Crippen molar-refractivity contribution in [3.63, 3.8) is 0 Å². The number of aromatic nitrogens is 3. The third-order valence-electron chi connectivity index (χ3n) is 4.05. The zero-order chi connectivity index (χ0) is 13.2. The maximum Gasteiger partial charge on any atom is 0.233 e. The summed E-state index contributed by atoms with van der Waals surface area (Å²) in [5, 5.41) is 0. The highest BCUT2D eigenvalue weighted by molar-refractivity contribution is 5.29. The number of hydrogen-bond donors (Lipinski definition) is 1. The number of rotatable bonds is 3. The highest BCUT2D eigenvalue weighted by Crippen LogP contribution is 2.20. The van der Waals surface area contributed by atoms with Gasteiger partial charge in [0.1, 0.15) is 0 Å². The van der Waals surface area contributed by atoms with Gasteiger partial charge in [-0.05, 0) is 44.8 Å². The van der Waals surface area contributed by atoms with Crippen LogP contribution < -0.4 is 5.73 Å². The number of nitrogens with two attached hydrogens (primary N) is 1. The van der Waals surface area contributed by atoms with Crippen molar-refractivity contribution in [2.45, 2.75) is 32.4 Å². The number of fused-ring (bicyclic) bond motifs is 1. The Morgan fingerprint density at radius 1 is 1.42 bits per heavy atom. The molecule has 1 fully saturated rings. The smallest absolute Gasteiger partial charge is 0.233 e. The normalized spacial score (nSPS) is 19.9. The van der Waals surface area contributed by atoms with Crippen molar-refractivity contribution in [3.05, 3.63) is 30.4 Å². The summed E-state index contributed by atoms with van der Waals surface area (Å²) in [6, 6.07) is 2.24. The van der Waals surface area contributed by atoms with E-state index >= 15 is 0 Å². The fourth-order valence-electron chi connectivity index (χ4n) is 2.82. The van der Waals surface area contributed by atoms with Gasteiger partial charge in [-0.3, -0.25) is 9.30 Å². The Kier molecular flexibility index (Phi) is 3.48. The summed E-state index contributed by atoms with van der Waals surface area (Å²) in [5.74, 6) is 1.46. The maximum atomic E-state index is 5.97. The van der Waals surface area contributed by atoms with Crippen LogP contribution in [0, 0.1) is 5.92 Å². The molecule has 5 nitrogen and oxygen atoms in total.